The fourth-order valence-corrected chi connectivity index (χ4v) is 3.78. The average molecular weight is 484 g/mol. The first kappa shape index (κ1) is 29.4. The summed E-state index contributed by atoms with van der Waals surface area (Å²) in [7, 11) is 0. The molecule has 0 aromatic heterocycles. The van der Waals surface area contributed by atoms with Gasteiger partial charge in [0.15, 0.2) is 0 Å². The second kappa shape index (κ2) is 19.8. The molecule has 1 N–H and O–H groups in total. The van der Waals surface area contributed by atoms with E-state index in [1.165, 1.54) is 6.42 Å². The fraction of sp³-hybridized carbons (Fsp3) is 0.379. The van der Waals surface area contributed by atoms with Crippen LogP contribution in [0.1, 0.15) is 34.1 Å². The van der Waals surface area contributed by atoms with E-state index in [1.54, 1.807) is 23.9 Å². The highest BCUT2D eigenvalue weighted by molar-refractivity contribution is 7.99. The molecule has 0 atom stereocenters. The first-order chi connectivity index (χ1) is 16.7. The van der Waals surface area contributed by atoms with Crippen LogP contribution in [-0.4, -0.2) is 48.6 Å². The number of phenols is 1. The van der Waals surface area contributed by atoms with E-state index >= 15 is 0 Å². The van der Waals surface area contributed by atoms with E-state index in [0.29, 0.717) is 0 Å². The van der Waals surface area contributed by atoms with Crippen molar-refractivity contribution in [3.05, 3.63) is 84.9 Å². The largest absolute Gasteiger partial charge is 0.508 e. The molecule has 3 aromatic carbocycles. The lowest BCUT2D eigenvalue weighted by molar-refractivity contribution is 0.216. The van der Waals surface area contributed by atoms with Crippen molar-refractivity contribution in [2.45, 2.75) is 39.0 Å². The van der Waals surface area contributed by atoms with Gasteiger partial charge in [-0.2, -0.15) is 0 Å². The maximum atomic E-state index is 9.10. The van der Waals surface area contributed by atoms with Crippen LogP contribution < -0.4 is 9.47 Å². The molecular weight excluding hydrogens is 442 g/mol. The third-order valence-corrected chi connectivity index (χ3v) is 5.62. The van der Waals surface area contributed by atoms with Gasteiger partial charge in [-0.1, -0.05) is 82.3 Å². The lowest BCUT2D eigenvalue weighted by atomic mass is 10.3. The standard InChI is InChI=1S/C13H21NO.C8H8O2S.C6H6.C2H6/c1-3-10-14(4-2)11-12-15-13-8-6-5-7-9-13;9-6-1-2-8-7(5-6)10-3-4-11-8;1-2-4-6-5-3-1;1-2/h5-9H,3-4,10-12H2,1-2H3;1-2,5,9H,3-4H2;1-6H;1-2H3. The molecule has 186 valence electrons. The Morgan fingerprint density at radius 3 is 2.09 bits per heavy atom. The number of likely N-dealkylation sites (N-methyl/N-ethyl adjacent to an activating group) is 1. The van der Waals surface area contributed by atoms with Crippen LogP contribution in [0.3, 0.4) is 0 Å². The number of thioether (sulfide) groups is 1. The zero-order valence-electron chi connectivity index (χ0n) is 21.2. The predicted molar refractivity (Wildman–Crippen MR) is 146 cm³/mol. The molecule has 34 heavy (non-hydrogen) atoms. The van der Waals surface area contributed by atoms with Crippen molar-refractivity contribution in [3.63, 3.8) is 0 Å². The van der Waals surface area contributed by atoms with Crippen LogP contribution in [0.25, 0.3) is 0 Å². The second-order valence-electron chi connectivity index (χ2n) is 7.08. The highest BCUT2D eigenvalue weighted by atomic mass is 32.2. The maximum Gasteiger partial charge on any atom is 0.136 e. The average Bonchev–Trinajstić information content (AvgIpc) is 2.91. The number of rotatable bonds is 7. The van der Waals surface area contributed by atoms with E-state index in [0.717, 1.165) is 55.0 Å². The summed E-state index contributed by atoms with van der Waals surface area (Å²) in [4.78, 5) is 3.53. The number of para-hydroxylation sites is 1. The van der Waals surface area contributed by atoms with E-state index in [-0.39, 0.29) is 5.75 Å². The lowest BCUT2D eigenvalue weighted by Crippen LogP contribution is -2.28. The number of nitrogens with zero attached hydrogens (tertiary/aromatic N) is 1. The van der Waals surface area contributed by atoms with Crippen molar-refractivity contribution in [3.8, 4) is 17.2 Å². The number of ether oxygens (including phenoxy) is 2. The van der Waals surface area contributed by atoms with Crippen molar-refractivity contribution in [1.29, 1.82) is 0 Å². The van der Waals surface area contributed by atoms with Crippen LogP contribution in [0, 0.1) is 0 Å². The van der Waals surface area contributed by atoms with Crippen molar-refractivity contribution in [2.75, 3.05) is 38.6 Å². The Kier molecular flexibility index (Phi) is 17.1. The van der Waals surface area contributed by atoms with E-state index in [4.69, 9.17) is 14.6 Å². The Balaban J connectivity index is 0.000000265. The van der Waals surface area contributed by atoms with Crippen molar-refractivity contribution in [1.82, 2.24) is 4.90 Å². The summed E-state index contributed by atoms with van der Waals surface area (Å²) in [6.07, 6.45) is 1.21. The van der Waals surface area contributed by atoms with Gasteiger partial charge in [0.2, 0.25) is 0 Å². The summed E-state index contributed by atoms with van der Waals surface area (Å²) in [6.45, 7) is 13.2. The van der Waals surface area contributed by atoms with Crippen LogP contribution in [0.5, 0.6) is 17.2 Å². The Morgan fingerprint density at radius 2 is 1.50 bits per heavy atom. The summed E-state index contributed by atoms with van der Waals surface area (Å²) in [5, 5.41) is 9.10. The van der Waals surface area contributed by atoms with Crippen LogP contribution in [0.2, 0.25) is 0 Å². The number of aromatic hydroxyl groups is 1. The first-order valence-corrected chi connectivity index (χ1v) is 13.2. The summed E-state index contributed by atoms with van der Waals surface area (Å²) < 4.78 is 11.0. The van der Waals surface area contributed by atoms with E-state index in [1.807, 2.05) is 86.6 Å². The molecule has 0 bridgehead atoms. The number of fused-ring (bicyclic) bond motifs is 1. The summed E-state index contributed by atoms with van der Waals surface area (Å²) in [6, 6.07) is 27.2. The van der Waals surface area contributed by atoms with Crippen molar-refractivity contribution >= 4 is 11.8 Å². The number of hydrogen-bond donors (Lipinski definition) is 1. The highest BCUT2D eigenvalue weighted by Crippen LogP contribution is 2.35. The molecule has 0 saturated heterocycles. The minimum Gasteiger partial charge on any atom is -0.508 e. The van der Waals surface area contributed by atoms with Gasteiger partial charge >= 0.3 is 0 Å². The second-order valence-corrected chi connectivity index (χ2v) is 8.22. The number of benzene rings is 3. The van der Waals surface area contributed by atoms with Gasteiger partial charge in [0.25, 0.3) is 0 Å². The van der Waals surface area contributed by atoms with E-state index in [2.05, 4.69) is 18.7 Å². The summed E-state index contributed by atoms with van der Waals surface area (Å²) in [5.74, 6) is 3.04. The Morgan fingerprint density at radius 1 is 0.882 bits per heavy atom. The molecule has 3 aromatic rings. The SMILES string of the molecule is CC.CCCN(CC)CCOc1ccccc1.Oc1ccc2c(c1)OCCS2.c1ccccc1. The normalized spacial score (nSPS) is 11.2. The number of phenolic OH excluding ortho intramolecular Hbond substituents is 1. The van der Waals surface area contributed by atoms with Gasteiger partial charge in [-0.25, -0.2) is 0 Å². The number of hydrogen-bond acceptors (Lipinski definition) is 5. The highest BCUT2D eigenvalue weighted by Gasteiger charge is 2.10. The smallest absolute Gasteiger partial charge is 0.136 e. The van der Waals surface area contributed by atoms with Crippen LogP contribution in [-0.2, 0) is 0 Å². The molecule has 0 unspecified atom stereocenters. The third kappa shape index (κ3) is 13.2. The minimum absolute atomic E-state index is 0.270. The zero-order chi connectivity index (χ0) is 24.9. The Labute approximate surface area is 210 Å². The molecule has 1 aliphatic rings. The first-order valence-electron chi connectivity index (χ1n) is 12.2. The minimum atomic E-state index is 0.270. The van der Waals surface area contributed by atoms with E-state index < -0.39 is 0 Å². The summed E-state index contributed by atoms with van der Waals surface area (Å²) >= 11 is 1.76. The molecule has 4 rings (SSSR count). The molecular formula is C29H41NO3S. The quantitative estimate of drug-likeness (QED) is 0.379. The van der Waals surface area contributed by atoms with Gasteiger partial charge in [0, 0.05) is 23.3 Å². The van der Waals surface area contributed by atoms with Gasteiger partial charge in [-0.15, -0.1) is 11.8 Å². The van der Waals surface area contributed by atoms with Gasteiger partial charge < -0.3 is 19.5 Å². The third-order valence-electron chi connectivity index (χ3n) is 4.60. The molecule has 1 heterocycles. The molecule has 0 spiro atoms. The van der Waals surface area contributed by atoms with Crippen molar-refractivity contribution < 1.29 is 14.6 Å². The van der Waals surface area contributed by atoms with Gasteiger partial charge in [-0.05, 0) is 43.8 Å². The maximum absolute atomic E-state index is 9.10. The Hall–Kier alpha value is -2.63. The molecule has 4 nitrogen and oxygen atoms in total. The topological polar surface area (TPSA) is 41.9 Å². The fourth-order valence-electron chi connectivity index (χ4n) is 2.97. The molecule has 1 aliphatic heterocycles. The molecule has 0 saturated carbocycles. The van der Waals surface area contributed by atoms with Gasteiger partial charge in [-0.3, -0.25) is 0 Å². The van der Waals surface area contributed by atoms with Crippen LogP contribution in [0.4, 0.5) is 0 Å². The molecule has 0 amide bonds. The molecule has 0 radical (unpaired) electrons. The van der Waals surface area contributed by atoms with Crippen molar-refractivity contribution in [2.24, 2.45) is 0 Å². The molecule has 0 aliphatic carbocycles. The van der Waals surface area contributed by atoms with Crippen LogP contribution in [0.15, 0.2) is 89.8 Å². The van der Waals surface area contributed by atoms with E-state index in [9.17, 15) is 0 Å². The zero-order valence-corrected chi connectivity index (χ0v) is 22.0. The predicted octanol–water partition coefficient (Wildman–Crippen LogP) is 7.39. The Bertz CT molecular complexity index is 820. The monoisotopic (exact) mass is 483 g/mol. The molecule has 0 fully saturated rings. The van der Waals surface area contributed by atoms with Crippen LogP contribution >= 0.6 is 11.8 Å². The van der Waals surface area contributed by atoms with Gasteiger partial charge in [0.05, 0.1) is 6.61 Å². The molecule has 5 heteroatoms. The lowest BCUT2D eigenvalue weighted by Gasteiger charge is -2.19. The van der Waals surface area contributed by atoms with Gasteiger partial charge in [0.1, 0.15) is 23.9 Å². The summed E-state index contributed by atoms with van der Waals surface area (Å²) in [5.41, 5.74) is 0.